The maximum Gasteiger partial charge on any atom is 0.265 e. The van der Waals surface area contributed by atoms with Crippen LogP contribution in [0.3, 0.4) is 0 Å². The third-order valence-electron chi connectivity index (χ3n) is 5.33. The summed E-state index contributed by atoms with van der Waals surface area (Å²) < 4.78 is 34.1. The molecule has 0 spiro atoms. The number of hydrogen-bond acceptors (Lipinski definition) is 4. The van der Waals surface area contributed by atoms with E-state index in [4.69, 9.17) is 16.3 Å². The number of aryl methyl sites for hydroxylation is 1. The van der Waals surface area contributed by atoms with Crippen molar-refractivity contribution in [3.05, 3.63) is 88.9 Å². The van der Waals surface area contributed by atoms with Crippen LogP contribution in [0, 0.1) is 6.92 Å². The fourth-order valence-corrected chi connectivity index (χ4v) is 5.19. The number of benzene rings is 3. The lowest BCUT2D eigenvalue weighted by atomic mass is 10.2. The van der Waals surface area contributed by atoms with Crippen LogP contribution < -0.4 is 9.04 Å². The summed E-state index contributed by atoms with van der Waals surface area (Å²) >= 11 is 5.94. The van der Waals surface area contributed by atoms with Crippen LogP contribution in [-0.4, -0.2) is 38.9 Å². The van der Waals surface area contributed by atoms with Crippen LogP contribution >= 0.6 is 11.6 Å². The Hall–Kier alpha value is -3.03. The Morgan fingerprint density at radius 1 is 1.06 bits per heavy atom. The molecule has 3 aromatic carbocycles. The molecule has 0 saturated carbocycles. The van der Waals surface area contributed by atoms with Gasteiger partial charge in [-0.2, -0.15) is 0 Å². The standard InChI is InChI=1S/C24H23ClN2O4S/c1-17-7-13-20(14-8-17)32(29,30)27-16-23(31-22-6-4-3-5-21(22)27)24(28)26(2)15-18-9-11-19(25)12-10-18/h3-14,23H,15-16H2,1-2H3. The maximum atomic E-state index is 13.5. The van der Waals surface area contributed by atoms with E-state index in [-0.39, 0.29) is 17.3 Å². The zero-order valence-electron chi connectivity index (χ0n) is 17.7. The number of fused-ring (bicyclic) bond motifs is 1. The van der Waals surface area contributed by atoms with E-state index in [1.807, 2.05) is 19.1 Å². The number of para-hydroxylation sites is 2. The Morgan fingerprint density at radius 2 is 1.72 bits per heavy atom. The van der Waals surface area contributed by atoms with Crippen molar-refractivity contribution < 1.29 is 17.9 Å². The number of halogens is 1. The average molecular weight is 471 g/mol. The molecule has 1 unspecified atom stereocenters. The molecular weight excluding hydrogens is 448 g/mol. The van der Waals surface area contributed by atoms with Crippen molar-refractivity contribution in [2.24, 2.45) is 0 Å². The molecule has 4 rings (SSSR count). The average Bonchev–Trinajstić information content (AvgIpc) is 2.79. The van der Waals surface area contributed by atoms with Crippen LogP contribution in [0.5, 0.6) is 5.75 Å². The topological polar surface area (TPSA) is 66.9 Å². The minimum absolute atomic E-state index is 0.114. The van der Waals surface area contributed by atoms with Crippen molar-refractivity contribution in [2.45, 2.75) is 24.5 Å². The lowest BCUT2D eigenvalue weighted by Crippen LogP contribution is -2.50. The third-order valence-corrected chi connectivity index (χ3v) is 7.37. The number of anilines is 1. The van der Waals surface area contributed by atoms with Gasteiger partial charge >= 0.3 is 0 Å². The number of sulfonamides is 1. The Kier molecular flexibility index (Phi) is 6.13. The predicted molar refractivity (Wildman–Crippen MR) is 124 cm³/mol. The van der Waals surface area contributed by atoms with Gasteiger partial charge in [-0.25, -0.2) is 8.42 Å². The summed E-state index contributed by atoms with van der Waals surface area (Å²) in [7, 11) is -2.21. The summed E-state index contributed by atoms with van der Waals surface area (Å²) in [6.45, 7) is 2.13. The third kappa shape index (κ3) is 4.45. The summed E-state index contributed by atoms with van der Waals surface area (Å²) in [5.74, 6) is 0.0474. The Labute approximate surface area is 193 Å². The zero-order chi connectivity index (χ0) is 22.9. The first kappa shape index (κ1) is 22.2. The molecule has 0 aromatic heterocycles. The van der Waals surface area contributed by atoms with Crippen molar-refractivity contribution in [3.8, 4) is 5.75 Å². The van der Waals surface area contributed by atoms with Gasteiger partial charge in [0.2, 0.25) is 0 Å². The summed E-state index contributed by atoms with van der Waals surface area (Å²) in [6.07, 6.45) is -0.970. The minimum Gasteiger partial charge on any atom is -0.476 e. The molecule has 1 aliphatic rings. The molecule has 166 valence electrons. The first-order valence-corrected chi connectivity index (χ1v) is 11.9. The van der Waals surface area contributed by atoms with Crippen LogP contribution in [0.1, 0.15) is 11.1 Å². The van der Waals surface area contributed by atoms with Gasteiger partial charge < -0.3 is 9.64 Å². The van der Waals surface area contributed by atoms with Gasteiger partial charge in [-0.3, -0.25) is 9.10 Å². The second kappa shape index (κ2) is 8.84. The van der Waals surface area contributed by atoms with Crippen LogP contribution in [-0.2, 0) is 21.4 Å². The molecule has 0 fully saturated rings. The number of nitrogens with zero attached hydrogens (tertiary/aromatic N) is 2. The Morgan fingerprint density at radius 3 is 2.41 bits per heavy atom. The van der Waals surface area contributed by atoms with Crippen molar-refractivity contribution in [3.63, 3.8) is 0 Å². The van der Waals surface area contributed by atoms with E-state index >= 15 is 0 Å². The quantitative estimate of drug-likeness (QED) is 0.558. The number of amides is 1. The van der Waals surface area contributed by atoms with E-state index in [1.54, 1.807) is 67.7 Å². The largest absolute Gasteiger partial charge is 0.476 e. The second-order valence-corrected chi connectivity index (χ2v) is 10.0. The normalized spacial score (nSPS) is 15.6. The molecule has 1 amide bonds. The van der Waals surface area contributed by atoms with Gasteiger partial charge in [0.15, 0.2) is 6.10 Å². The molecule has 0 aliphatic carbocycles. The van der Waals surface area contributed by atoms with Crippen molar-refractivity contribution in [1.82, 2.24) is 4.90 Å². The number of rotatable bonds is 5. The number of ether oxygens (including phenoxy) is 1. The van der Waals surface area contributed by atoms with Crippen LogP contribution in [0.25, 0.3) is 0 Å². The van der Waals surface area contributed by atoms with Gasteiger partial charge in [-0.05, 0) is 48.9 Å². The predicted octanol–water partition coefficient (Wildman–Crippen LogP) is 4.26. The number of carbonyl (C=O) groups is 1. The minimum atomic E-state index is -3.88. The molecule has 1 aliphatic heterocycles. The van der Waals surface area contributed by atoms with Gasteiger partial charge in [0, 0.05) is 18.6 Å². The van der Waals surface area contributed by atoms with Crippen molar-refractivity contribution in [2.75, 3.05) is 17.9 Å². The summed E-state index contributed by atoms with van der Waals surface area (Å²) in [5.41, 5.74) is 2.28. The lowest BCUT2D eigenvalue weighted by molar-refractivity contribution is -0.137. The monoisotopic (exact) mass is 470 g/mol. The van der Waals surface area contributed by atoms with Crippen LogP contribution in [0.15, 0.2) is 77.7 Å². The van der Waals surface area contributed by atoms with Crippen LogP contribution in [0.2, 0.25) is 5.02 Å². The van der Waals surface area contributed by atoms with E-state index in [2.05, 4.69) is 0 Å². The summed E-state index contributed by atoms with van der Waals surface area (Å²) in [5, 5.41) is 0.618. The van der Waals surface area contributed by atoms with E-state index in [0.717, 1.165) is 11.1 Å². The number of likely N-dealkylation sites (N-methyl/N-ethyl adjacent to an activating group) is 1. The van der Waals surface area contributed by atoms with E-state index in [0.29, 0.717) is 23.0 Å². The van der Waals surface area contributed by atoms with Gasteiger partial charge in [0.05, 0.1) is 17.1 Å². The van der Waals surface area contributed by atoms with E-state index in [9.17, 15) is 13.2 Å². The molecule has 3 aromatic rings. The first-order chi connectivity index (χ1) is 15.3. The Bertz CT molecular complexity index is 1230. The smallest absolute Gasteiger partial charge is 0.265 e. The lowest BCUT2D eigenvalue weighted by Gasteiger charge is -2.36. The van der Waals surface area contributed by atoms with Gasteiger partial charge in [0.1, 0.15) is 5.75 Å². The molecule has 6 nitrogen and oxygen atoms in total. The summed E-state index contributed by atoms with van der Waals surface area (Å²) in [6, 6.07) is 20.7. The number of hydrogen-bond donors (Lipinski definition) is 0. The van der Waals surface area contributed by atoms with E-state index in [1.165, 1.54) is 9.21 Å². The molecule has 0 radical (unpaired) electrons. The molecule has 1 heterocycles. The molecule has 0 saturated heterocycles. The molecule has 0 N–H and O–H groups in total. The molecule has 1 atom stereocenters. The zero-order valence-corrected chi connectivity index (χ0v) is 19.3. The van der Waals surface area contributed by atoms with Gasteiger partial charge in [-0.15, -0.1) is 0 Å². The van der Waals surface area contributed by atoms with Gasteiger partial charge in [-0.1, -0.05) is 53.6 Å². The Balaban J connectivity index is 1.62. The SMILES string of the molecule is Cc1ccc(S(=O)(=O)N2CC(C(=O)N(C)Cc3ccc(Cl)cc3)Oc3ccccc32)cc1. The summed E-state index contributed by atoms with van der Waals surface area (Å²) in [4.78, 5) is 14.9. The van der Waals surface area contributed by atoms with Gasteiger partial charge in [0.25, 0.3) is 15.9 Å². The number of carbonyl (C=O) groups excluding carboxylic acids is 1. The fourth-order valence-electron chi connectivity index (χ4n) is 3.58. The molecular formula is C24H23ClN2O4S. The highest BCUT2D eigenvalue weighted by Crippen LogP contribution is 2.37. The molecule has 32 heavy (non-hydrogen) atoms. The highest BCUT2D eigenvalue weighted by atomic mass is 35.5. The van der Waals surface area contributed by atoms with Crippen molar-refractivity contribution in [1.29, 1.82) is 0 Å². The second-order valence-electron chi connectivity index (χ2n) is 7.74. The maximum absolute atomic E-state index is 13.5. The van der Waals surface area contributed by atoms with Crippen molar-refractivity contribution >= 4 is 33.2 Å². The highest BCUT2D eigenvalue weighted by molar-refractivity contribution is 7.92. The molecule has 0 bridgehead atoms. The van der Waals surface area contributed by atoms with Crippen LogP contribution in [0.4, 0.5) is 5.69 Å². The van der Waals surface area contributed by atoms with E-state index < -0.39 is 16.1 Å². The molecule has 8 heteroatoms. The first-order valence-electron chi connectivity index (χ1n) is 10.1. The highest BCUT2D eigenvalue weighted by Gasteiger charge is 2.38. The fraction of sp³-hybridized carbons (Fsp3) is 0.208.